The molecular weight excluding hydrogens is 190 g/mol. The van der Waals surface area contributed by atoms with E-state index >= 15 is 0 Å². The van der Waals surface area contributed by atoms with E-state index in [9.17, 15) is 4.79 Å². The van der Waals surface area contributed by atoms with Gasteiger partial charge < -0.3 is 10.4 Å². The zero-order valence-corrected chi connectivity index (χ0v) is 9.67. The van der Waals surface area contributed by atoms with Crippen LogP contribution in [0.25, 0.3) is 0 Å². The number of carbonyl (C=O) groups excluding carboxylic acids is 1. The SMILES string of the molecule is CC(CO)CCCNC(=O)CC1CCC1. The number of aliphatic hydroxyl groups excluding tert-OH is 1. The lowest BCUT2D eigenvalue weighted by Crippen LogP contribution is -2.28. The molecule has 1 rings (SSSR count). The number of nitrogens with one attached hydrogen (secondary N) is 1. The summed E-state index contributed by atoms with van der Waals surface area (Å²) in [6.45, 7) is 3.03. The fourth-order valence-corrected chi connectivity index (χ4v) is 1.80. The maximum absolute atomic E-state index is 11.4. The summed E-state index contributed by atoms with van der Waals surface area (Å²) in [6.07, 6.45) is 6.43. The van der Waals surface area contributed by atoms with Gasteiger partial charge in [0, 0.05) is 19.6 Å². The van der Waals surface area contributed by atoms with Gasteiger partial charge in [-0.3, -0.25) is 4.79 Å². The largest absolute Gasteiger partial charge is 0.396 e. The molecule has 1 aliphatic rings. The number of hydrogen-bond donors (Lipinski definition) is 2. The molecule has 1 aliphatic carbocycles. The summed E-state index contributed by atoms with van der Waals surface area (Å²) < 4.78 is 0. The molecule has 1 saturated carbocycles. The van der Waals surface area contributed by atoms with Crippen molar-refractivity contribution in [2.75, 3.05) is 13.2 Å². The first-order valence-electron chi connectivity index (χ1n) is 6.10. The standard InChI is InChI=1S/C12H23NO2/c1-10(9-14)4-3-7-13-12(15)8-11-5-2-6-11/h10-11,14H,2-9H2,1H3,(H,13,15). The van der Waals surface area contributed by atoms with E-state index < -0.39 is 0 Å². The predicted molar refractivity (Wildman–Crippen MR) is 60.5 cm³/mol. The Kier molecular flexibility index (Phi) is 5.69. The Balaban J connectivity index is 1.92. The molecule has 2 N–H and O–H groups in total. The van der Waals surface area contributed by atoms with Gasteiger partial charge in [0.1, 0.15) is 0 Å². The Morgan fingerprint density at radius 2 is 2.27 bits per heavy atom. The van der Waals surface area contributed by atoms with Gasteiger partial charge in [0.2, 0.25) is 5.91 Å². The van der Waals surface area contributed by atoms with E-state index in [4.69, 9.17) is 5.11 Å². The van der Waals surface area contributed by atoms with Crippen LogP contribution in [-0.4, -0.2) is 24.2 Å². The van der Waals surface area contributed by atoms with Crippen LogP contribution >= 0.6 is 0 Å². The summed E-state index contributed by atoms with van der Waals surface area (Å²) in [5, 5.41) is 11.8. The summed E-state index contributed by atoms with van der Waals surface area (Å²) in [4.78, 5) is 11.4. The third-order valence-corrected chi connectivity index (χ3v) is 3.21. The molecule has 3 heteroatoms. The Hall–Kier alpha value is -0.570. The Morgan fingerprint density at radius 3 is 2.80 bits per heavy atom. The molecule has 0 aromatic carbocycles. The van der Waals surface area contributed by atoms with Crippen LogP contribution in [0.4, 0.5) is 0 Å². The number of hydrogen-bond acceptors (Lipinski definition) is 2. The maximum atomic E-state index is 11.4. The lowest BCUT2D eigenvalue weighted by atomic mass is 9.83. The summed E-state index contributed by atoms with van der Waals surface area (Å²) >= 11 is 0. The molecule has 15 heavy (non-hydrogen) atoms. The second-order valence-electron chi connectivity index (χ2n) is 4.78. The molecule has 1 fully saturated rings. The van der Waals surface area contributed by atoms with E-state index in [1.807, 2.05) is 6.92 Å². The molecule has 0 bridgehead atoms. The molecule has 1 amide bonds. The molecule has 0 saturated heterocycles. The van der Waals surface area contributed by atoms with Crippen molar-refractivity contribution < 1.29 is 9.90 Å². The molecule has 1 atom stereocenters. The molecule has 1 unspecified atom stereocenters. The van der Waals surface area contributed by atoms with Crippen LogP contribution in [-0.2, 0) is 4.79 Å². The van der Waals surface area contributed by atoms with Crippen molar-refractivity contribution in [3.8, 4) is 0 Å². The van der Waals surface area contributed by atoms with Crippen molar-refractivity contribution in [2.24, 2.45) is 11.8 Å². The van der Waals surface area contributed by atoms with Gasteiger partial charge in [0.05, 0.1) is 0 Å². The van der Waals surface area contributed by atoms with Crippen molar-refractivity contribution in [3.05, 3.63) is 0 Å². The van der Waals surface area contributed by atoms with Crippen molar-refractivity contribution in [1.29, 1.82) is 0 Å². The van der Waals surface area contributed by atoms with Crippen molar-refractivity contribution in [3.63, 3.8) is 0 Å². The molecule has 0 aromatic heterocycles. The minimum absolute atomic E-state index is 0.205. The fourth-order valence-electron chi connectivity index (χ4n) is 1.80. The minimum atomic E-state index is 0.205. The predicted octanol–water partition coefficient (Wildman–Crippen LogP) is 1.70. The van der Waals surface area contributed by atoms with Crippen LogP contribution in [0.5, 0.6) is 0 Å². The second-order valence-corrected chi connectivity index (χ2v) is 4.78. The Labute approximate surface area is 92.3 Å². The monoisotopic (exact) mass is 213 g/mol. The zero-order chi connectivity index (χ0) is 11.1. The first-order chi connectivity index (χ1) is 7.22. The molecule has 0 aromatic rings. The van der Waals surface area contributed by atoms with Crippen LogP contribution in [0, 0.1) is 11.8 Å². The minimum Gasteiger partial charge on any atom is -0.396 e. The Morgan fingerprint density at radius 1 is 1.53 bits per heavy atom. The number of rotatable bonds is 7. The average molecular weight is 213 g/mol. The van der Waals surface area contributed by atoms with Crippen molar-refractivity contribution in [1.82, 2.24) is 5.32 Å². The smallest absolute Gasteiger partial charge is 0.220 e. The van der Waals surface area contributed by atoms with Gasteiger partial charge in [-0.15, -0.1) is 0 Å². The molecule has 3 nitrogen and oxygen atoms in total. The van der Waals surface area contributed by atoms with Crippen molar-refractivity contribution in [2.45, 2.75) is 45.4 Å². The van der Waals surface area contributed by atoms with Crippen LogP contribution in [0.1, 0.15) is 45.4 Å². The second kappa shape index (κ2) is 6.83. The van der Waals surface area contributed by atoms with Gasteiger partial charge in [0.15, 0.2) is 0 Å². The van der Waals surface area contributed by atoms with Crippen LogP contribution in [0.15, 0.2) is 0 Å². The summed E-state index contributed by atoms with van der Waals surface area (Å²) in [5.74, 6) is 1.21. The lowest BCUT2D eigenvalue weighted by molar-refractivity contribution is -0.122. The molecule has 0 heterocycles. The number of aliphatic hydroxyl groups is 1. The fraction of sp³-hybridized carbons (Fsp3) is 0.917. The summed E-state index contributed by atoms with van der Waals surface area (Å²) in [7, 11) is 0. The maximum Gasteiger partial charge on any atom is 0.220 e. The van der Waals surface area contributed by atoms with Crippen LogP contribution in [0.3, 0.4) is 0 Å². The van der Waals surface area contributed by atoms with Crippen LogP contribution in [0.2, 0.25) is 0 Å². The highest BCUT2D eigenvalue weighted by Crippen LogP contribution is 2.28. The van der Waals surface area contributed by atoms with Gasteiger partial charge in [0.25, 0.3) is 0 Å². The number of amides is 1. The van der Waals surface area contributed by atoms with Gasteiger partial charge in [-0.25, -0.2) is 0 Å². The Bertz CT molecular complexity index is 190. The first kappa shape index (κ1) is 12.5. The zero-order valence-electron chi connectivity index (χ0n) is 9.67. The molecular formula is C12H23NO2. The van der Waals surface area contributed by atoms with E-state index in [-0.39, 0.29) is 12.5 Å². The van der Waals surface area contributed by atoms with Gasteiger partial charge in [-0.1, -0.05) is 13.3 Å². The van der Waals surface area contributed by atoms with Gasteiger partial charge in [-0.05, 0) is 37.5 Å². The van der Waals surface area contributed by atoms with E-state index in [1.165, 1.54) is 19.3 Å². The molecule has 88 valence electrons. The lowest BCUT2D eigenvalue weighted by Gasteiger charge is -2.24. The molecule has 0 aliphatic heterocycles. The van der Waals surface area contributed by atoms with Gasteiger partial charge >= 0.3 is 0 Å². The normalized spacial score (nSPS) is 18.3. The third kappa shape index (κ3) is 5.17. The van der Waals surface area contributed by atoms with Gasteiger partial charge in [-0.2, -0.15) is 0 Å². The highest BCUT2D eigenvalue weighted by molar-refractivity contribution is 5.76. The third-order valence-electron chi connectivity index (χ3n) is 3.21. The number of carbonyl (C=O) groups is 1. The molecule has 0 spiro atoms. The first-order valence-corrected chi connectivity index (χ1v) is 6.10. The van der Waals surface area contributed by atoms with Crippen LogP contribution < -0.4 is 5.32 Å². The van der Waals surface area contributed by atoms with Crippen molar-refractivity contribution >= 4 is 5.91 Å². The molecule has 0 radical (unpaired) electrons. The summed E-state index contributed by atoms with van der Waals surface area (Å²) in [6, 6.07) is 0. The van der Waals surface area contributed by atoms with E-state index in [2.05, 4.69) is 5.32 Å². The highest BCUT2D eigenvalue weighted by Gasteiger charge is 2.20. The topological polar surface area (TPSA) is 49.3 Å². The van der Waals surface area contributed by atoms with E-state index in [0.29, 0.717) is 11.8 Å². The highest BCUT2D eigenvalue weighted by atomic mass is 16.3. The quantitative estimate of drug-likeness (QED) is 0.632. The van der Waals surface area contributed by atoms with E-state index in [1.54, 1.807) is 0 Å². The summed E-state index contributed by atoms with van der Waals surface area (Å²) in [5.41, 5.74) is 0. The average Bonchev–Trinajstić information content (AvgIpc) is 2.18. The van der Waals surface area contributed by atoms with E-state index in [0.717, 1.165) is 25.8 Å².